The van der Waals surface area contributed by atoms with Gasteiger partial charge in [0, 0.05) is 29.6 Å². The molecule has 2 aromatic carbocycles. The first-order valence-electron chi connectivity index (χ1n) is 10.9. The van der Waals surface area contributed by atoms with Gasteiger partial charge in [0.2, 0.25) is 5.91 Å². The van der Waals surface area contributed by atoms with E-state index in [-0.39, 0.29) is 23.3 Å². The second kappa shape index (κ2) is 10.8. The Labute approximate surface area is 206 Å². The third kappa shape index (κ3) is 5.48. The molecule has 0 spiro atoms. The molecule has 3 rings (SSSR count). The van der Waals surface area contributed by atoms with Crippen LogP contribution in [-0.2, 0) is 27.0 Å². The molecule has 7 nitrogen and oxygen atoms in total. The zero-order chi connectivity index (χ0) is 26.6. The Bertz CT molecular complexity index is 1210. The van der Waals surface area contributed by atoms with Gasteiger partial charge in [-0.25, -0.2) is 4.79 Å². The van der Waals surface area contributed by atoms with Gasteiger partial charge in [0.25, 0.3) is 0 Å². The molecule has 1 amide bonds. The SMILES string of the molecule is COC(=O)C1=C(C)NC(C)=C(C(=O)NCc2cc(OC)cc(OC)c2)C1c1ccccc1C(F)(F)F. The van der Waals surface area contributed by atoms with Crippen molar-refractivity contribution in [3.05, 3.63) is 81.7 Å². The van der Waals surface area contributed by atoms with Gasteiger partial charge in [0.1, 0.15) is 11.5 Å². The standard InChI is InChI=1S/C26H27F3N2O5/c1-14-21(24(32)30-13-16-10-17(34-3)12-18(11-16)35-4)23(22(15(2)31-14)25(33)36-5)19-8-6-7-9-20(19)26(27,28)29/h6-12,23,31H,13H2,1-5H3,(H,30,32). The van der Waals surface area contributed by atoms with E-state index in [1.807, 2.05) is 0 Å². The fourth-order valence-electron chi connectivity index (χ4n) is 4.24. The number of allylic oxidation sites excluding steroid dienone is 2. The van der Waals surface area contributed by atoms with Crippen molar-refractivity contribution >= 4 is 11.9 Å². The average molecular weight is 505 g/mol. The van der Waals surface area contributed by atoms with Crippen LogP contribution in [0.4, 0.5) is 13.2 Å². The Hall–Kier alpha value is -3.95. The number of hydrogen-bond donors (Lipinski definition) is 2. The highest BCUT2D eigenvalue weighted by atomic mass is 19.4. The molecule has 1 atom stereocenters. The van der Waals surface area contributed by atoms with Gasteiger partial charge in [-0.1, -0.05) is 18.2 Å². The van der Waals surface area contributed by atoms with Crippen LogP contribution in [0.2, 0.25) is 0 Å². The lowest BCUT2D eigenvalue weighted by Crippen LogP contribution is -2.37. The Morgan fingerprint density at radius 1 is 0.944 bits per heavy atom. The summed E-state index contributed by atoms with van der Waals surface area (Å²) < 4.78 is 57.3. The van der Waals surface area contributed by atoms with Crippen LogP contribution < -0.4 is 20.1 Å². The lowest BCUT2D eigenvalue weighted by molar-refractivity contribution is -0.139. The molecule has 0 aromatic heterocycles. The van der Waals surface area contributed by atoms with Crippen molar-refractivity contribution in [1.29, 1.82) is 0 Å². The molecule has 2 N–H and O–H groups in total. The molecule has 1 aliphatic rings. The summed E-state index contributed by atoms with van der Waals surface area (Å²) in [6, 6.07) is 9.95. The second-order valence-corrected chi connectivity index (χ2v) is 8.12. The fraction of sp³-hybridized carbons (Fsp3) is 0.308. The molecule has 36 heavy (non-hydrogen) atoms. The minimum atomic E-state index is -4.71. The number of carbonyl (C=O) groups excluding carboxylic acids is 2. The van der Waals surface area contributed by atoms with Crippen LogP contribution in [0.15, 0.2) is 65.0 Å². The normalized spacial score (nSPS) is 15.8. The smallest absolute Gasteiger partial charge is 0.416 e. The fourth-order valence-corrected chi connectivity index (χ4v) is 4.24. The topological polar surface area (TPSA) is 85.9 Å². The molecular weight excluding hydrogens is 477 g/mol. The van der Waals surface area contributed by atoms with E-state index < -0.39 is 29.5 Å². The van der Waals surface area contributed by atoms with Gasteiger partial charge >= 0.3 is 12.1 Å². The number of methoxy groups -OCH3 is 3. The lowest BCUT2D eigenvalue weighted by atomic mass is 9.78. The lowest BCUT2D eigenvalue weighted by Gasteiger charge is -2.32. The van der Waals surface area contributed by atoms with Gasteiger partial charge in [0.05, 0.1) is 38.4 Å². The molecule has 0 radical (unpaired) electrons. The zero-order valence-corrected chi connectivity index (χ0v) is 20.5. The highest BCUT2D eigenvalue weighted by molar-refractivity contribution is 6.02. The molecule has 0 fully saturated rings. The number of amides is 1. The van der Waals surface area contributed by atoms with E-state index in [1.54, 1.807) is 32.0 Å². The van der Waals surface area contributed by atoms with Crippen molar-refractivity contribution < 1.29 is 37.0 Å². The Morgan fingerprint density at radius 3 is 2.08 bits per heavy atom. The van der Waals surface area contributed by atoms with E-state index in [0.29, 0.717) is 28.5 Å². The second-order valence-electron chi connectivity index (χ2n) is 8.12. The molecule has 192 valence electrons. The minimum absolute atomic E-state index is 0.0208. The van der Waals surface area contributed by atoms with Crippen molar-refractivity contribution in [2.75, 3.05) is 21.3 Å². The monoisotopic (exact) mass is 504 g/mol. The number of hydrogen-bond acceptors (Lipinski definition) is 6. The molecule has 0 saturated carbocycles. The van der Waals surface area contributed by atoms with Crippen molar-refractivity contribution in [1.82, 2.24) is 10.6 Å². The molecular formula is C26H27F3N2O5. The maximum Gasteiger partial charge on any atom is 0.416 e. The van der Waals surface area contributed by atoms with Crippen LogP contribution in [0.25, 0.3) is 0 Å². The zero-order valence-electron chi connectivity index (χ0n) is 20.5. The van der Waals surface area contributed by atoms with Gasteiger partial charge in [0.15, 0.2) is 0 Å². The molecule has 1 heterocycles. The van der Waals surface area contributed by atoms with E-state index in [4.69, 9.17) is 14.2 Å². The molecule has 1 unspecified atom stereocenters. The third-order valence-corrected chi connectivity index (χ3v) is 5.85. The summed E-state index contributed by atoms with van der Waals surface area (Å²) in [5, 5.41) is 5.69. The van der Waals surface area contributed by atoms with Crippen LogP contribution in [0.3, 0.4) is 0 Å². The van der Waals surface area contributed by atoms with Gasteiger partial charge in [-0.3, -0.25) is 4.79 Å². The van der Waals surface area contributed by atoms with Crippen molar-refractivity contribution in [3.8, 4) is 11.5 Å². The van der Waals surface area contributed by atoms with Gasteiger partial charge in [-0.2, -0.15) is 13.2 Å². The first-order valence-corrected chi connectivity index (χ1v) is 10.9. The third-order valence-electron chi connectivity index (χ3n) is 5.85. The summed E-state index contributed by atoms with van der Waals surface area (Å²) in [6.45, 7) is 3.16. The number of benzene rings is 2. The number of halogens is 3. The Kier molecular flexibility index (Phi) is 7.96. The Balaban J connectivity index is 2.07. The summed E-state index contributed by atoms with van der Waals surface area (Å²) >= 11 is 0. The predicted octanol–water partition coefficient (Wildman–Crippen LogP) is 4.45. The number of carbonyl (C=O) groups is 2. The van der Waals surface area contributed by atoms with Crippen LogP contribution in [-0.4, -0.2) is 33.2 Å². The van der Waals surface area contributed by atoms with Crippen molar-refractivity contribution in [2.24, 2.45) is 0 Å². The van der Waals surface area contributed by atoms with E-state index in [2.05, 4.69) is 10.6 Å². The number of alkyl halides is 3. The molecule has 1 aliphatic heterocycles. The van der Waals surface area contributed by atoms with Crippen LogP contribution in [0.1, 0.15) is 36.5 Å². The van der Waals surface area contributed by atoms with Gasteiger partial charge in [-0.05, 0) is 43.2 Å². The highest BCUT2D eigenvalue weighted by Crippen LogP contribution is 2.44. The molecule has 2 aromatic rings. The average Bonchev–Trinajstić information content (AvgIpc) is 2.85. The quantitative estimate of drug-likeness (QED) is 0.542. The maximum absolute atomic E-state index is 14.0. The maximum atomic E-state index is 14.0. The van der Waals surface area contributed by atoms with Gasteiger partial charge in [-0.15, -0.1) is 0 Å². The molecule has 0 saturated heterocycles. The van der Waals surface area contributed by atoms with Gasteiger partial charge < -0.3 is 24.8 Å². The number of rotatable bonds is 7. The summed E-state index contributed by atoms with van der Waals surface area (Å²) in [5.74, 6) is -1.76. The van der Waals surface area contributed by atoms with Crippen molar-refractivity contribution in [3.63, 3.8) is 0 Å². The molecule has 10 heteroatoms. The van der Waals surface area contributed by atoms with E-state index in [9.17, 15) is 22.8 Å². The highest BCUT2D eigenvalue weighted by Gasteiger charge is 2.42. The van der Waals surface area contributed by atoms with Crippen LogP contribution in [0, 0.1) is 0 Å². The number of dihydropyridines is 1. The number of nitrogens with one attached hydrogen (secondary N) is 2. The van der Waals surface area contributed by atoms with Crippen LogP contribution in [0.5, 0.6) is 11.5 Å². The predicted molar refractivity (Wildman–Crippen MR) is 126 cm³/mol. The van der Waals surface area contributed by atoms with E-state index in [0.717, 1.165) is 13.2 Å². The van der Waals surface area contributed by atoms with Crippen molar-refractivity contribution in [2.45, 2.75) is 32.5 Å². The largest absolute Gasteiger partial charge is 0.497 e. The first-order chi connectivity index (χ1) is 17.0. The Morgan fingerprint density at radius 2 is 1.53 bits per heavy atom. The summed E-state index contributed by atoms with van der Waals surface area (Å²) in [5.41, 5.74) is 0.00749. The minimum Gasteiger partial charge on any atom is -0.497 e. The van der Waals surface area contributed by atoms with E-state index >= 15 is 0 Å². The summed E-state index contributed by atoms with van der Waals surface area (Å²) in [6.07, 6.45) is -4.71. The summed E-state index contributed by atoms with van der Waals surface area (Å²) in [7, 11) is 4.12. The molecule has 0 aliphatic carbocycles. The van der Waals surface area contributed by atoms with Crippen LogP contribution >= 0.6 is 0 Å². The number of esters is 1. The summed E-state index contributed by atoms with van der Waals surface area (Å²) in [4.78, 5) is 26.2. The number of ether oxygens (including phenoxy) is 3. The van der Waals surface area contributed by atoms with E-state index in [1.165, 1.54) is 32.4 Å². The molecule has 0 bridgehead atoms. The first kappa shape index (κ1) is 26.7.